The predicted octanol–water partition coefficient (Wildman–Crippen LogP) is 23.5. The van der Waals surface area contributed by atoms with Crippen LogP contribution in [0.2, 0.25) is 0 Å². The third-order valence-electron chi connectivity index (χ3n) is 17.3. The average molecular weight is 1110 g/mol. The molecule has 0 rings (SSSR count). The predicted molar refractivity (Wildman–Crippen MR) is 347 cm³/mol. The van der Waals surface area contributed by atoms with E-state index in [1.54, 1.807) is 0 Å². The van der Waals surface area contributed by atoms with Gasteiger partial charge >= 0.3 is 5.97 Å². The van der Waals surface area contributed by atoms with Crippen molar-refractivity contribution in [3.05, 3.63) is 12.2 Å². The summed E-state index contributed by atoms with van der Waals surface area (Å²) in [6, 6.07) is -0.538. The highest BCUT2D eigenvalue weighted by molar-refractivity contribution is 5.76. The van der Waals surface area contributed by atoms with Gasteiger partial charge in [0.2, 0.25) is 5.91 Å². The molecule has 0 spiro atoms. The van der Waals surface area contributed by atoms with Crippen molar-refractivity contribution in [2.75, 3.05) is 13.2 Å². The Balaban J connectivity index is 3.33. The first-order valence-corrected chi connectivity index (χ1v) is 36.4. The smallest absolute Gasteiger partial charge is 0.305 e. The number of ether oxygens (including phenoxy) is 1. The Morgan fingerprint density at radius 3 is 0.899 bits per heavy atom. The fourth-order valence-corrected chi connectivity index (χ4v) is 11.8. The van der Waals surface area contributed by atoms with Crippen LogP contribution in [0.3, 0.4) is 0 Å². The second kappa shape index (κ2) is 69.1. The largest absolute Gasteiger partial charge is 0.466 e. The van der Waals surface area contributed by atoms with Gasteiger partial charge in [0.25, 0.3) is 0 Å². The van der Waals surface area contributed by atoms with E-state index in [0.717, 1.165) is 38.5 Å². The van der Waals surface area contributed by atoms with Crippen LogP contribution in [0, 0.1) is 0 Å². The van der Waals surface area contributed by atoms with Crippen LogP contribution in [0.5, 0.6) is 0 Å². The molecule has 0 aliphatic heterocycles. The molecule has 0 aromatic carbocycles. The van der Waals surface area contributed by atoms with Crippen molar-refractivity contribution < 1.29 is 24.5 Å². The Hall–Kier alpha value is -1.40. The minimum absolute atomic E-state index is 0.0212. The molecule has 0 aliphatic carbocycles. The van der Waals surface area contributed by atoms with Gasteiger partial charge in [-0.3, -0.25) is 9.59 Å². The number of amides is 1. The summed E-state index contributed by atoms with van der Waals surface area (Å²) in [6.07, 6.45) is 85.6. The van der Waals surface area contributed by atoms with Gasteiger partial charge in [0, 0.05) is 12.8 Å². The SMILES string of the molecule is CCCCCCCCCCCCCCCCCCC(O)C(CO)NC(=O)CCCCCCCCCCCCCCCCCCC/C=C\CCCCCCCCCCCCCCOC(=O)CCCCCCCCCCCCCCC. The molecule has 6 nitrogen and oxygen atoms in total. The first-order valence-electron chi connectivity index (χ1n) is 36.4. The molecule has 0 aromatic heterocycles. The van der Waals surface area contributed by atoms with Crippen molar-refractivity contribution in [2.45, 2.75) is 431 Å². The number of aliphatic hydroxyl groups excluding tert-OH is 2. The molecule has 0 aromatic rings. The van der Waals surface area contributed by atoms with E-state index >= 15 is 0 Å². The molecule has 3 N–H and O–H groups in total. The Kier molecular flexibility index (Phi) is 67.9. The molecule has 0 bridgehead atoms. The zero-order valence-corrected chi connectivity index (χ0v) is 53.9. The number of hydrogen-bond donors (Lipinski definition) is 3. The molecule has 0 aliphatic rings. The van der Waals surface area contributed by atoms with Crippen LogP contribution in [0.4, 0.5) is 0 Å². The van der Waals surface area contributed by atoms with Crippen molar-refractivity contribution in [1.29, 1.82) is 0 Å². The van der Waals surface area contributed by atoms with Crippen LogP contribution < -0.4 is 5.32 Å². The first-order chi connectivity index (χ1) is 39.0. The van der Waals surface area contributed by atoms with Gasteiger partial charge < -0.3 is 20.3 Å². The Bertz CT molecular complexity index is 1190. The molecule has 0 fully saturated rings. The lowest BCUT2D eigenvalue weighted by molar-refractivity contribution is -0.143. The van der Waals surface area contributed by atoms with Crippen LogP contribution >= 0.6 is 0 Å². The van der Waals surface area contributed by atoms with E-state index in [0.29, 0.717) is 25.9 Å². The lowest BCUT2D eigenvalue weighted by Gasteiger charge is -2.22. The van der Waals surface area contributed by atoms with Crippen molar-refractivity contribution in [2.24, 2.45) is 0 Å². The fourth-order valence-electron chi connectivity index (χ4n) is 11.8. The highest BCUT2D eigenvalue weighted by Crippen LogP contribution is 2.19. The maximum Gasteiger partial charge on any atom is 0.305 e. The summed E-state index contributed by atoms with van der Waals surface area (Å²) in [5.41, 5.74) is 0. The van der Waals surface area contributed by atoms with Crippen LogP contribution in [0.15, 0.2) is 12.2 Å². The summed E-state index contributed by atoms with van der Waals surface area (Å²) >= 11 is 0. The maximum atomic E-state index is 12.5. The molecule has 1 amide bonds. The number of unbranched alkanes of at least 4 members (excludes halogenated alkanes) is 56. The van der Waals surface area contributed by atoms with Gasteiger partial charge in [-0.15, -0.1) is 0 Å². The minimum Gasteiger partial charge on any atom is -0.466 e. The van der Waals surface area contributed by atoms with Gasteiger partial charge in [-0.25, -0.2) is 0 Å². The summed E-state index contributed by atoms with van der Waals surface area (Å²) in [5, 5.41) is 23.4. The molecule has 0 heterocycles. The van der Waals surface area contributed by atoms with E-state index in [4.69, 9.17) is 4.74 Å². The first kappa shape index (κ1) is 77.6. The molecular weight excluding hydrogens is 971 g/mol. The van der Waals surface area contributed by atoms with Crippen molar-refractivity contribution in [3.8, 4) is 0 Å². The number of aliphatic hydroxyl groups is 2. The van der Waals surface area contributed by atoms with Gasteiger partial charge in [-0.1, -0.05) is 366 Å². The number of rotatable bonds is 69. The van der Waals surface area contributed by atoms with Crippen LogP contribution in [-0.2, 0) is 14.3 Å². The molecule has 2 atom stereocenters. The second-order valence-electron chi connectivity index (χ2n) is 25.3. The maximum absolute atomic E-state index is 12.5. The summed E-state index contributed by atoms with van der Waals surface area (Å²) in [5.74, 6) is -0.00683. The lowest BCUT2D eigenvalue weighted by Crippen LogP contribution is -2.45. The minimum atomic E-state index is -0.661. The molecular formula is C73H143NO5. The number of carbonyl (C=O) groups is 2. The van der Waals surface area contributed by atoms with E-state index in [1.165, 1.54) is 347 Å². The quantitative estimate of drug-likeness (QED) is 0.0320. The zero-order chi connectivity index (χ0) is 57.1. The van der Waals surface area contributed by atoms with Crippen LogP contribution in [0.1, 0.15) is 418 Å². The molecule has 0 radical (unpaired) electrons. The molecule has 2 unspecified atom stereocenters. The summed E-state index contributed by atoms with van der Waals surface area (Å²) in [7, 11) is 0. The van der Waals surface area contributed by atoms with E-state index in [-0.39, 0.29) is 18.5 Å². The van der Waals surface area contributed by atoms with Crippen LogP contribution in [0.25, 0.3) is 0 Å². The lowest BCUT2D eigenvalue weighted by atomic mass is 10.0. The number of hydrogen-bond acceptors (Lipinski definition) is 5. The highest BCUT2D eigenvalue weighted by atomic mass is 16.5. The molecule has 79 heavy (non-hydrogen) atoms. The normalized spacial score (nSPS) is 12.5. The molecule has 6 heteroatoms. The third kappa shape index (κ3) is 65.6. The Morgan fingerprint density at radius 2 is 0.595 bits per heavy atom. The third-order valence-corrected chi connectivity index (χ3v) is 17.3. The Labute approximate surface area is 495 Å². The van der Waals surface area contributed by atoms with Gasteiger partial charge in [0.15, 0.2) is 0 Å². The van der Waals surface area contributed by atoms with E-state index in [2.05, 4.69) is 31.3 Å². The van der Waals surface area contributed by atoms with Gasteiger partial charge in [0.1, 0.15) is 0 Å². The van der Waals surface area contributed by atoms with E-state index in [9.17, 15) is 19.8 Å². The van der Waals surface area contributed by atoms with Crippen LogP contribution in [-0.4, -0.2) is 47.4 Å². The average Bonchev–Trinajstić information content (AvgIpc) is 3.45. The van der Waals surface area contributed by atoms with Crippen molar-refractivity contribution in [3.63, 3.8) is 0 Å². The topological polar surface area (TPSA) is 95.9 Å². The molecule has 0 saturated heterocycles. The zero-order valence-electron chi connectivity index (χ0n) is 53.9. The second-order valence-corrected chi connectivity index (χ2v) is 25.3. The fraction of sp³-hybridized carbons (Fsp3) is 0.945. The van der Waals surface area contributed by atoms with Gasteiger partial charge in [0.05, 0.1) is 25.4 Å². The standard InChI is InChI=1S/C73H143NO5/c1-3-5-7-9-11-13-15-17-18-38-42-45-49-53-57-61-65-71(76)70(69-75)74-72(77)66-62-58-54-50-46-43-39-36-34-32-30-28-26-24-22-20-19-21-23-25-27-29-31-33-35-37-40-44-48-52-56-60-64-68-79-73(78)67-63-59-55-51-47-41-16-14-12-10-8-6-4-2/h23,25,70-71,75-76H,3-22,24,26-69H2,1-2H3,(H,74,77)/b25-23-. The number of allylic oxidation sites excluding steroid dienone is 2. The van der Waals surface area contributed by atoms with Gasteiger partial charge in [-0.2, -0.15) is 0 Å². The monoisotopic (exact) mass is 1110 g/mol. The van der Waals surface area contributed by atoms with E-state index in [1.807, 2.05) is 0 Å². The number of nitrogens with one attached hydrogen (secondary N) is 1. The molecule has 470 valence electrons. The summed E-state index contributed by atoms with van der Waals surface area (Å²) in [6.45, 7) is 5.00. The summed E-state index contributed by atoms with van der Waals surface area (Å²) < 4.78 is 5.49. The van der Waals surface area contributed by atoms with Crippen molar-refractivity contribution >= 4 is 11.9 Å². The summed E-state index contributed by atoms with van der Waals surface area (Å²) in [4.78, 5) is 24.6. The highest BCUT2D eigenvalue weighted by Gasteiger charge is 2.20. The molecule has 0 saturated carbocycles. The van der Waals surface area contributed by atoms with E-state index < -0.39 is 12.1 Å². The van der Waals surface area contributed by atoms with Crippen molar-refractivity contribution in [1.82, 2.24) is 5.32 Å². The number of carbonyl (C=O) groups excluding carboxylic acids is 2. The van der Waals surface area contributed by atoms with Gasteiger partial charge in [-0.05, 0) is 51.4 Å². The Morgan fingerprint density at radius 1 is 0.342 bits per heavy atom. The number of esters is 1.